The highest BCUT2D eigenvalue weighted by Crippen LogP contribution is 2.10. The predicted molar refractivity (Wildman–Crippen MR) is 95.9 cm³/mol. The highest BCUT2D eigenvalue weighted by atomic mass is 32.2. The van der Waals surface area contributed by atoms with Crippen LogP contribution in [-0.4, -0.2) is 67.5 Å². The summed E-state index contributed by atoms with van der Waals surface area (Å²) in [5, 5.41) is 7.60. The van der Waals surface area contributed by atoms with Crippen LogP contribution in [0.5, 0.6) is 0 Å². The van der Waals surface area contributed by atoms with Crippen molar-refractivity contribution < 1.29 is 4.79 Å². The van der Waals surface area contributed by atoms with Crippen LogP contribution in [0.1, 0.15) is 9.88 Å². The Kier molecular flexibility index (Phi) is 8.91. The molecule has 1 aromatic heterocycles. The van der Waals surface area contributed by atoms with E-state index in [2.05, 4.69) is 33.8 Å². The van der Waals surface area contributed by atoms with Crippen molar-refractivity contribution in [3.05, 3.63) is 16.1 Å². The summed E-state index contributed by atoms with van der Waals surface area (Å²) in [4.78, 5) is 23.1. The van der Waals surface area contributed by atoms with Crippen LogP contribution in [0.4, 0.5) is 0 Å². The van der Waals surface area contributed by atoms with Crippen LogP contribution in [0.15, 0.2) is 11.2 Å². The first-order chi connectivity index (χ1) is 10.5. The molecule has 0 radical (unpaired) electrons. The minimum Gasteiger partial charge on any atom is -0.356 e. The Bertz CT molecular complexity index is 487. The van der Waals surface area contributed by atoms with Crippen LogP contribution in [0.2, 0.25) is 0 Å². The molecule has 0 saturated heterocycles. The number of amides is 1. The first-order valence-electron chi connectivity index (χ1n) is 7.15. The molecule has 1 aromatic rings. The second-order valence-electron chi connectivity index (χ2n) is 4.91. The summed E-state index contributed by atoms with van der Waals surface area (Å²) in [6, 6.07) is 0. The van der Waals surface area contributed by atoms with E-state index in [9.17, 15) is 4.79 Å². The third kappa shape index (κ3) is 7.65. The topological polar surface area (TPSA) is 69.6 Å². The molecule has 0 unspecified atom stereocenters. The molecule has 6 nitrogen and oxygen atoms in total. The van der Waals surface area contributed by atoms with Gasteiger partial charge >= 0.3 is 0 Å². The number of thiazole rings is 1. The molecule has 0 atom stereocenters. The van der Waals surface area contributed by atoms with Gasteiger partial charge in [0.1, 0.15) is 6.54 Å². The lowest BCUT2D eigenvalue weighted by Crippen LogP contribution is -2.40. The van der Waals surface area contributed by atoms with Gasteiger partial charge in [0, 0.05) is 50.4 Å². The fraction of sp³-hybridized carbons (Fsp3) is 0.643. The number of nitrogens with one attached hydrogen (secondary N) is 2. The Hall–Kier alpha value is -1.28. The van der Waals surface area contributed by atoms with Crippen molar-refractivity contribution in [2.24, 2.45) is 4.99 Å². The number of carbonyl (C=O) groups excluding carboxylic acids is 1. The third-order valence-electron chi connectivity index (χ3n) is 2.77. The quantitative estimate of drug-likeness (QED) is 0.418. The van der Waals surface area contributed by atoms with E-state index in [4.69, 9.17) is 0 Å². The maximum absolute atomic E-state index is 11.6. The summed E-state index contributed by atoms with van der Waals surface area (Å²) < 4.78 is 0. The van der Waals surface area contributed by atoms with Crippen LogP contribution in [0.25, 0.3) is 0 Å². The molecular weight excluding hydrogens is 318 g/mol. The van der Waals surface area contributed by atoms with E-state index in [1.807, 2.05) is 6.20 Å². The lowest BCUT2D eigenvalue weighted by atomic mass is 10.4. The van der Waals surface area contributed by atoms with Gasteiger partial charge in [-0.3, -0.25) is 4.79 Å². The smallest absolute Gasteiger partial charge is 0.243 e. The second-order valence-corrected chi connectivity index (χ2v) is 7.22. The maximum Gasteiger partial charge on any atom is 0.243 e. The van der Waals surface area contributed by atoms with E-state index < -0.39 is 0 Å². The fourth-order valence-corrected chi connectivity index (χ4v) is 2.63. The van der Waals surface area contributed by atoms with Crippen LogP contribution >= 0.6 is 23.1 Å². The normalized spacial score (nSPS) is 11.4. The van der Waals surface area contributed by atoms with Gasteiger partial charge in [0.2, 0.25) is 5.91 Å². The standard InChI is InChI=1S/C14H25N5OS2/c1-11-9-17-12(22-11)5-6-15-14(16-7-8-21-4)18-10-13(20)19(2)3/h9H,5-8,10H2,1-4H3,(H2,15,16,18). The number of aliphatic imine (C=N–C) groups is 1. The molecule has 8 heteroatoms. The molecule has 2 N–H and O–H groups in total. The van der Waals surface area contributed by atoms with Crippen molar-refractivity contribution in [2.75, 3.05) is 45.7 Å². The van der Waals surface area contributed by atoms with Gasteiger partial charge in [0.05, 0.1) is 5.01 Å². The molecule has 22 heavy (non-hydrogen) atoms. The molecule has 1 heterocycles. The number of thioether (sulfide) groups is 1. The largest absolute Gasteiger partial charge is 0.356 e. The number of aryl methyl sites for hydroxylation is 1. The molecule has 0 spiro atoms. The lowest BCUT2D eigenvalue weighted by Gasteiger charge is -2.13. The summed E-state index contributed by atoms with van der Waals surface area (Å²) >= 11 is 3.48. The van der Waals surface area contributed by atoms with Gasteiger partial charge in [-0.2, -0.15) is 11.8 Å². The average molecular weight is 344 g/mol. The van der Waals surface area contributed by atoms with Gasteiger partial charge in [0.25, 0.3) is 0 Å². The van der Waals surface area contributed by atoms with Crippen molar-refractivity contribution in [2.45, 2.75) is 13.3 Å². The summed E-state index contributed by atoms with van der Waals surface area (Å²) in [6.45, 7) is 3.77. The molecular formula is C14H25N5OS2. The fourth-order valence-electron chi connectivity index (χ4n) is 1.54. The summed E-state index contributed by atoms with van der Waals surface area (Å²) in [5.74, 6) is 1.66. The molecule has 124 valence electrons. The molecule has 0 aromatic carbocycles. The zero-order chi connectivity index (χ0) is 16.4. The number of likely N-dealkylation sites (N-methyl/N-ethyl adjacent to an activating group) is 1. The van der Waals surface area contributed by atoms with E-state index in [-0.39, 0.29) is 12.5 Å². The second kappa shape index (κ2) is 10.4. The van der Waals surface area contributed by atoms with Gasteiger partial charge in [-0.05, 0) is 13.2 Å². The Morgan fingerprint density at radius 2 is 2.14 bits per heavy atom. The molecule has 0 aliphatic carbocycles. The van der Waals surface area contributed by atoms with Crippen LogP contribution in [0.3, 0.4) is 0 Å². The number of aromatic nitrogens is 1. The number of hydrogen-bond acceptors (Lipinski definition) is 5. The SMILES string of the molecule is CSCCNC(=NCC(=O)N(C)C)NCCc1ncc(C)s1. The Labute approximate surface area is 140 Å². The van der Waals surface area contributed by atoms with Crippen LogP contribution in [-0.2, 0) is 11.2 Å². The number of guanidine groups is 1. The summed E-state index contributed by atoms with van der Waals surface area (Å²) in [5.41, 5.74) is 0. The molecule has 0 aliphatic heterocycles. The molecule has 0 fully saturated rings. The molecule has 1 amide bonds. The number of carbonyl (C=O) groups is 1. The Morgan fingerprint density at radius 3 is 2.73 bits per heavy atom. The zero-order valence-electron chi connectivity index (χ0n) is 13.7. The highest BCUT2D eigenvalue weighted by molar-refractivity contribution is 7.98. The zero-order valence-corrected chi connectivity index (χ0v) is 15.3. The van der Waals surface area contributed by atoms with E-state index in [1.54, 1.807) is 42.1 Å². The van der Waals surface area contributed by atoms with Gasteiger partial charge in [-0.1, -0.05) is 0 Å². The van der Waals surface area contributed by atoms with Crippen molar-refractivity contribution >= 4 is 35.0 Å². The lowest BCUT2D eigenvalue weighted by molar-refractivity contribution is -0.127. The number of nitrogens with zero attached hydrogens (tertiary/aromatic N) is 3. The van der Waals surface area contributed by atoms with Gasteiger partial charge in [0.15, 0.2) is 5.96 Å². The predicted octanol–water partition coefficient (Wildman–Crippen LogP) is 0.980. The number of hydrogen-bond donors (Lipinski definition) is 2. The van der Waals surface area contributed by atoms with Crippen molar-refractivity contribution in [3.63, 3.8) is 0 Å². The van der Waals surface area contributed by atoms with Crippen molar-refractivity contribution in [1.29, 1.82) is 0 Å². The van der Waals surface area contributed by atoms with E-state index in [0.717, 1.165) is 30.3 Å². The summed E-state index contributed by atoms with van der Waals surface area (Å²) in [6.07, 6.45) is 4.80. The maximum atomic E-state index is 11.6. The molecule has 0 saturated carbocycles. The van der Waals surface area contributed by atoms with Crippen molar-refractivity contribution in [3.8, 4) is 0 Å². The van der Waals surface area contributed by atoms with E-state index in [0.29, 0.717) is 5.96 Å². The first kappa shape index (κ1) is 18.8. The number of rotatable bonds is 8. The highest BCUT2D eigenvalue weighted by Gasteiger charge is 2.05. The van der Waals surface area contributed by atoms with E-state index >= 15 is 0 Å². The minimum atomic E-state index is -0.0125. The van der Waals surface area contributed by atoms with Crippen molar-refractivity contribution in [1.82, 2.24) is 20.5 Å². The molecule has 0 aliphatic rings. The van der Waals surface area contributed by atoms with Gasteiger partial charge in [-0.15, -0.1) is 11.3 Å². The van der Waals surface area contributed by atoms with E-state index in [1.165, 1.54) is 4.88 Å². The minimum absolute atomic E-state index is 0.0125. The Balaban J connectivity index is 2.45. The van der Waals surface area contributed by atoms with Crippen LogP contribution in [0, 0.1) is 6.92 Å². The average Bonchev–Trinajstić information content (AvgIpc) is 2.89. The van der Waals surface area contributed by atoms with Crippen LogP contribution < -0.4 is 10.6 Å². The molecule has 0 bridgehead atoms. The van der Waals surface area contributed by atoms with Gasteiger partial charge in [-0.25, -0.2) is 9.98 Å². The van der Waals surface area contributed by atoms with Gasteiger partial charge < -0.3 is 15.5 Å². The molecule has 1 rings (SSSR count). The Morgan fingerprint density at radius 1 is 1.41 bits per heavy atom. The summed E-state index contributed by atoms with van der Waals surface area (Å²) in [7, 11) is 3.47. The third-order valence-corrected chi connectivity index (χ3v) is 4.36. The monoisotopic (exact) mass is 343 g/mol. The first-order valence-corrected chi connectivity index (χ1v) is 9.36.